The van der Waals surface area contributed by atoms with Gasteiger partial charge >= 0.3 is 0 Å². The highest BCUT2D eigenvalue weighted by molar-refractivity contribution is 5.81. The van der Waals surface area contributed by atoms with Gasteiger partial charge in [0.05, 0.1) is 6.54 Å². The molecule has 0 N–H and O–H groups in total. The van der Waals surface area contributed by atoms with Crippen molar-refractivity contribution >= 4 is 11.6 Å². The van der Waals surface area contributed by atoms with E-state index in [-0.39, 0.29) is 11.7 Å². The van der Waals surface area contributed by atoms with E-state index in [1.54, 1.807) is 24.1 Å². The Morgan fingerprint density at radius 1 is 1.00 bits per heavy atom. The maximum absolute atomic E-state index is 12.9. The van der Waals surface area contributed by atoms with Crippen molar-refractivity contribution in [3.8, 4) is 0 Å². The molecule has 2 aromatic rings. The van der Waals surface area contributed by atoms with Crippen LogP contribution in [0, 0.1) is 5.82 Å². The number of likely N-dealkylation sites (N-methyl/N-ethyl adjacent to an activating group) is 2. The van der Waals surface area contributed by atoms with Gasteiger partial charge in [0, 0.05) is 26.3 Å². The van der Waals surface area contributed by atoms with E-state index >= 15 is 0 Å². The Kier molecular flexibility index (Phi) is 4.93. The molecule has 3 nitrogen and oxygen atoms in total. The van der Waals surface area contributed by atoms with E-state index in [1.165, 1.54) is 12.1 Å². The highest BCUT2D eigenvalue weighted by Crippen LogP contribution is 2.11. The molecule has 0 fully saturated rings. The molecule has 0 aromatic heterocycles. The number of halogens is 1. The molecule has 2 rings (SSSR count). The van der Waals surface area contributed by atoms with Crippen LogP contribution in [0.2, 0.25) is 0 Å². The van der Waals surface area contributed by atoms with Gasteiger partial charge in [-0.1, -0.05) is 30.3 Å². The van der Waals surface area contributed by atoms with Crippen molar-refractivity contribution < 1.29 is 9.18 Å². The monoisotopic (exact) mass is 286 g/mol. The third-order valence-corrected chi connectivity index (χ3v) is 3.33. The second-order valence-electron chi connectivity index (χ2n) is 5.07. The summed E-state index contributed by atoms with van der Waals surface area (Å²) in [5.41, 5.74) is 1.91. The molecule has 0 radical (unpaired) electrons. The minimum Gasteiger partial charge on any atom is -0.365 e. The molecule has 0 atom stereocenters. The van der Waals surface area contributed by atoms with E-state index in [4.69, 9.17) is 0 Å². The first-order valence-electron chi connectivity index (χ1n) is 6.81. The molecule has 0 aliphatic rings. The molecule has 0 saturated carbocycles. The maximum atomic E-state index is 12.9. The summed E-state index contributed by atoms with van der Waals surface area (Å²) in [6.45, 7) is 0.781. The number of carbonyl (C=O) groups excluding carboxylic acids is 1. The van der Waals surface area contributed by atoms with Crippen molar-refractivity contribution in [2.75, 3.05) is 25.5 Å². The first-order chi connectivity index (χ1) is 10.1. The standard InChI is InChI=1S/C17H19FN2O/c1-19(16-6-4-3-5-7-16)13-17(21)20(2)12-14-8-10-15(18)11-9-14/h3-11H,12-13H2,1-2H3. The first-order valence-corrected chi connectivity index (χ1v) is 6.81. The van der Waals surface area contributed by atoms with Gasteiger partial charge in [0.15, 0.2) is 0 Å². The molecule has 21 heavy (non-hydrogen) atoms. The van der Waals surface area contributed by atoms with Crippen LogP contribution in [0.4, 0.5) is 10.1 Å². The van der Waals surface area contributed by atoms with E-state index in [0.29, 0.717) is 13.1 Å². The first kappa shape index (κ1) is 15.0. The zero-order valence-electron chi connectivity index (χ0n) is 12.3. The Morgan fingerprint density at radius 2 is 1.62 bits per heavy atom. The van der Waals surface area contributed by atoms with E-state index in [1.807, 2.05) is 42.3 Å². The van der Waals surface area contributed by atoms with Gasteiger partial charge < -0.3 is 9.80 Å². The van der Waals surface area contributed by atoms with E-state index in [0.717, 1.165) is 11.3 Å². The highest BCUT2D eigenvalue weighted by atomic mass is 19.1. The summed E-state index contributed by atoms with van der Waals surface area (Å²) in [5.74, 6) is -0.248. The number of carbonyl (C=O) groups is 1. The number of amides is 1. The molecule has 4 heteroatoms. The lowest BCUT2D eigenvalue weighted by Crippen LogP contribution is -2.36. The van der Waals surface area contributed by atoms with E-state index in [9.17, 15) is 9.18 Å². The Labute approximate surface area is 124 Å². The van der Waals surface area contributed by atoms with Crippen LogP contribution in [0.5, 0.6) is 0 Å². The van der Waals surface area contributed by atoms with Crippen LogP contribution in [0.15, 0.2) is 54.6 Å². The fourth-order valence-electron chi connectivity index (χ4n) is 2.05. The summed E-state index contributed by atoms with van der Waals surface area (Å²) in [7, 11) is 3.64. The Morgan fingerprint density at radius 3 is 2.24 bits per heavy atom. The normalized spacial score (nSPS) is 10.2. The third kappa shape index (κ3) is 4.31. The van der Waals surface area contributed by atoms with E-state index < -0.39 is 0 Å². The molecule has 0 bridgehead atoms. The fraction of sp³-hybridized carbons (Fsp3) is 0.235. The number of benzene rings is 2. The van der Waals surface area contributed by atoms with Crippen LogP contribution in [0.3, 0.4) is 0 Å². The zero-order valence-corrected chi connectivity index (χ0v) is 12.3. The number of hydrogen-bond donors (Lipinski definition) is 0. The maximum Gasteiger partial charge on any atom is 0.242 e. The van der Waals surface area contributed by atoms with Crippen molar-refractivity contribution in [2.24, 2.45) is 0 Å². The average molecular weight is 286 g/mol. The smallest absolute Gasteiger partial charge is 0.242 e. The summed E-state index contributed by atoms with van der Waals surface area (Å²) in [5, 5.41) is 0. The molecule has 1 amide bonds. The molecule has 0 saturated heterocycles. The summed E-state index contributed by atoms with van der Waals surface area (Å²) in [6.07, 6.45) is 0. The molecule has 0 heterocycles. The lowest BCUT2D eigenvalue weighted by Gasteiger charge is -2.23. The summed E-state index contributed by atoms with van der Waals surface area (Å²) in [4.78, 5) is 15.8. The van der Waals surface area contributed by atoms with Gasteiger partial charge in [0.1, 0.15) is 5.82 Å². The predicted molar refractivity (Wildman–Crippen MR) is 82.6 cm³/mol. The molecular weight excluding hydrogens is 267 g/mol. The van der Waals surface area contributed by atoms with Gasteiger partial charge in [-0.25, -0.2) is 4.39 Å². The van der Waals surface area contributed by atoms with Crippen molar-refractivity contribution in [2.45, 2.75) is 6.54 Å². The van der Waals surface area contributed by atoms with Crippen LogP contribution in [0.1, 0.15) is 5.56 Å². The molecule has 0 aliphatic carbocycles. The van der Waals surface area contributed by atoms with Gasteiger partial charge in [-0.2, -0.15) is 0 Å². The summed E-state index contributed by atoms with van der Waals surface area (Å²) >= 11 is 0. The SMILES string of the molecule is CN(Cc1ccc(F)cc1)C(=O)CN(C)c1ccccc1. The van der Waals surface area contributed by atoms with Crippen LogP contribution >= 0.6 is 0 Å². The van der Waals surface area contributed by atoms with Gasteiger partial charge in [0.25, 0.3) is 0 Å². The second kappa shape index (κ2) is 6.88. The van der Waals surface area contributed by atoms with Crippen LogP contribution in [-0.4, -0.2) is 31.4 Å². The Balaban J connectivity index is 1.92. The number of nitrogens with zero attached hydrogens (tertiary/aromatic N) is 2. The topological polar surface area (TPSA) is 23.6 Å². The number of para-hydroxylation sites is 1. The number of anilines is 1. The van der Waals surface area contributed by atoms with Gasteiger partial charge in [-0.15, -0.1) is 0 Å². The minimum atomic E-state index is -0.267. The van der Waals surface area contributed by atoms with Crippen molar-refractivity contribution in [1.29, 1.82) is 0 Å². The van der Waals surface area contributed by atoms with Gasteiger partial charge in [-0.3, -0.25) is 4.79 Å². The third-order valence-electron chi connectivity index (χ3n) is 3.33. The predicted octanol–water partition coefficient (Wildman–Crippen LogP) is 2.92. The molecule has 0 spiro atoms. The molecule has 0 unspecified atom stereocenters. The summed E-state index contributed by atoms with van der Waals surface area (Å²) < 4.78 is 12.9. The van der Waals surface area contributed by atoms with Gasteiger partial charge in [-0.05, 0) is 29.8 Å². The van der Waals surface area contributed by atoms with Crippen molar-refractivity contribution in [1.82, 2.24) is 4.90 Å². The molecule has 0 aliphatic heterocycles. The van der Waals surface area contributed by atoms with Crippen LogP contribution < -0.4 is 4.90 Å². The quantitative estimate of drug-likeness (QED) is 0.843. The number of hydrogen-bond acceptors (Lipinski definition) is 2. The lowest BCUT2D eigenvalue weighted by molar-refractivity contribution is -0.128. The van der Waals surface area contributed by atoms with Crippen LogP contribution in [-0.2, 0) is 11.3 Å². The van der Waals surface area contributed by atoms with Crippen molar-refractivity contribution in [3.05, 3.63) is 66.0 Å². The highest BCUT2D eigenvalue weighted by Gasteiger charge is 2.12. The van der Waals surface area contributed by atoms with E-state index in [2.05, 4.69) is 0 Å². The van der Waals surface area contributed by atoms with Crippen LogP contribution in [0.25, 0.3) is 0 Å². The Hall–Kier alpha value is -2.36. The fourth-order valence-corrected chi connectivity index (χ4v) is 2.05. The minimum absolute atomic E-state index is 0.0191. The van der Waals surface area contributed by atoms with Gasteiger partial charge in [0.2, 0.25) is 5.91 Å². The molecule has 2 aromatic carbocycles. The second-order valence-corrected chi connectivity index (χ2v) is 5.07. The van der Waals surface area contributed by atoms with Crippen molar-refractivity contribution in [3.63, 3.8) is 0 Å². The molecular formula is C17H19FN2O. The number of rotatable bonds is 5. The summed E-state index contributed by atoms with van der Waals surface area (Å²) in [6, 6.07) is 16.0. The zero-order chi connectivity index (χ0) is 15.2. The molecule has 110 valence electrons. The lowest BCUT2D eigenvalue weighted by atomic mass is 10.2. The average Bonchev–Trinajstić information content (AvgIpc) is 2.50. The largest absolute Gasteiger partial charge is 0.365 e. The Bertz CT molecular complexity index is 583.